The predicted molar refractivity (Wildman–Crippen MR) is 166 cm³/mol. The fourth-order valence-corrected chi connectivity index (χ4v) is 5.19. The molecule has 2 aliphatic rings. The first-order chi connectivity index (χ1) is 20.5. The van der Waals surface area contributed by atoms with Crippen molar-refractivity contribution in [2.45, 2.75) is 116 Å². The van der Waals surface area contributed by atoms with Crippen LogP contribution in [0, 0.1) is 0 Å². The highest BCUT2D eigenvalue weighted by Gasteiger charge is 2.48. The lowest BCUT2D eigenvalue weighted by Crippen LogP contribution is -2.58. The van der Waals surface area contributed by atoms with Gasteiger partial charge in [0.25, 0.3) is 5.91 Å². The van der Waals surface area contributed by atoms with Crippen molar-refractivity contribution >= 4 is 23.3 Å². The van der Waals surface area contributed by atoms with Crippen LogP contribution in [0.15, 0.2) is 23.3 Å². The van der Waals surface area contributed by atoms with Crippen LogP contribution in [0.3, 0.4) is 0 Å². The molecular formula is C32H52ClN3O6. The number of halogens is 1. The number of amidine groups is 1. The van der Waals surface area contributed by atoms with Crippen LogP contribution in [0.4, 0.5) is 0 Å². The minimum atomic E-state index is -0.406. The lowest BCUT2D eigenvalue weighted by atomic mass is 9.89. The largest absolute Gasteiger partial charge is 0.379 e. The van der Waals surface area contributed by atoms with Gasteiger partial charge >= 0.3 is 0 Å². The van der Waals surface area contributed by atoms with Gasteiger partial charge in [0, 0.05) is 37.9 Å². The average molecular weight is 610 g/mol. The van der Waals surface area contributed by atoms with Crippen LogP contribution in [-0.2, 0) is 34.9 Å². The zero-order valence-electron chi connectivity index (χ0n) is 26.0. The number of hydrogen-bond donors (Lipinski definition) is 2. The van der Waals surface area contributed by atoms with E-state index in [1.807, 2.05) is 12.1 Å². The zero-order chi connectivity index (χ0) is 30.2. The van der Waals surface area contributed by atoms with E-state index in [4.69, 9.17) is 35.3 Å². The molecule has 2 N–H and O–H groups in total. The number of nitrogens with zero attached hydrogens (tertiary/aromatic N) is 1. The molecule has 2 aliphatic heterocycles. The summed E-state index contributed by atoms with van der Waals surface area (Å²) >= 11 is 6.65. The highest BCUT2D eigenvalue weighted by molar-refractivity contribution is 6.31. The summed E-state index contributed by atoms with van der Waals surface area (Å²) in [6.45, 7) is 11.8. The molecule has 0 radical (unpaired) electrons. The quantitative estimate of drug-likeness (QED) is 0.182. The second-order valence-electron chi connectivity index (χ2n) is 11.1. The van der Waals surface area contributed by atoms with Crippen molar-refractivity contribution < 1.29 is 28.5 Å². The van der Waals surface area contributed by atoms with Crippen molar-refractivity contribution in [2.24, 2.45) is 5.10 Å². The van der Waals surface area contributed by atoms with Gasteiger partial charge in [-0.05, 0) is 42.9 Å². The molecule has 9 nitrogen and oxygen atoms in total. The molecule has 42 heavy (non-hydrogen) atoms. The number of hydrogen-bond acceptors (Lipinski definition) is 8. The summed E-state index contributed by atoms with van der Waals surface area (Å²) in [5, 5.41) is 7.84. The second kappa shape index (κ2) is 19.5. The minimum absolute atomic E-state index is 0.168. The molecule has 1 aromatic rings. The van der Waals surface area contributed by atoms with Gasteiger partial charge in [0.15, 0.2) is 0 Å². The van der Waals surface area contributed by atoms with E-state index in [-0.39, 0.29) is 36.9 Å². The number of rotatable bonds is 20. The van der Waals surface area contributed by atoms with Crippen LogP contribution in [-0.4, -0.2) is 75.7 Å². The number of amides is 1. The molecule has 0 spiro atoms. The Bertz CT molecular complexity index is 964. The molecule has 3 rings (SSSR count). The Morgan fingerprint density at radius 1 is 0.881 bits per heavy atom. The molecule has 1 fully saturated rings. The van der Waals surface area contributed by atoms with Gasteiger partial charge < -0.3 is 29.0 Å². The van der Waals surface area contributed by atoms with E-state index in [9.17, 15) is 4.79 Å². The van der Waals surface area contributed by atoms with Gasteiger partial charge in [0.2, 0.25) is 0 Å². The fourth-order valence-electron chi connectivity index (χ4n) is 5.01. The van der Waals surface area contributed by atoms with E-state index in [0.29, 0.717) is 50.3 Å². The van der Waals surface area contributed by atoms with E-state index in [2.05, 4.69) is 49.6 Å². The number of carbonyl (C=O) groups excluding carboxylic acids is 1. The number of hydrazone groups is 1. The Morgan fingerprint density at radius 3 is 2.12 bits per heavy atom. The van der Waals surface area contributed by atoms with Gasteiger partial charge in [-0.1, -0.05) is 77.1 Å². The predicted octanol–water partition coefficient (Wildman–Crippen LogP) is 5.73. The highest BCUT2D eigenvalue weighted by atomic mass is 35.5. The summed E-state index contributed by atoms with van der Waals surface area (Å²) in [5.74, 6) is 0.486. The maximum atomic E-state index is 11.5. The number of carbonyl (C=O) groups is 1. The molecule has 0 saturated carbocycles. The fraction of sp³-hybridized carbons (Fsp3) is 0.750. The third-order valence-electron chi connectivity index (χ3n) is 7.51. The summed E-state index contributed by atoms with van der Waals surface area (Å²) in [7, 11) is 0. The molecule has 238 valence electrons. The number of nitrogens with one attached hydrogen (secondary N) is 2. The van der Waals surface area contributed by atoms with E-state index in [0.717, 1.165) is 62.5 Å². The average Bonchev–Trinajstić information content (AvgIpc) is 2.99. The second-order valence-corrected chi connectivity index (χ2v) is 11.5. The van der Waals surface area contributed by atoms with E-state index in [1.165, 1.54) is 0 Å². The van der Waals surface area contributed by atoms with Crippen molar-refractivity contribution in [3.63, 3.8) is 0 Å². The molecule has 0 unspecified atom stereocenters. The Morgan fingerprint density at radius 2 is 1.50 bits per heavy atom. The Balaban J connectivity index is 1.96. The van der Waals surface area contributed by atoms with Crippen LogP contribution in [0.1, 0.15) is 96.3 Å². The third-order valence-corrected chi connectivity index (χ3v) is 7.88. The van der Waals surface area contributed by atoms with Gasteiger partial charge in [-0.3, -0.25) is 4.79 Å². The Kier molecular flexibility index (Phi) is 16.1. The summed E-state index contributed by atoms with van der Waals surface area (Å²) in [6.07, 6.45) is 6.77. The first kappa shape index (κ1) is 34.7. The monoisotopic (exact) mass is 609 g/mol. The highest BCUT2D eigenvalue weighted by Crippen LogP contribution is 2.39. The first-order valence-corrected chi connectivity index (χ1v) is 16.4. The maximum absolute atomic E-state index is 11.5. The standard InChI is InChI=1S/C32H52ClN3O6/c1-5-9-15-38-22-26-30(39-16-10-6-2)32(41-18-12-8-4)31(40-17-11-7-3)29(42-26)23-13-14-25(33)24(19-23)20-27-34-21-28(37)36-35-27/h13-14,19,26,29-32H,5-12,15-18,20-22H2,1-4H3,(H,34,35)(H,36,37)/t26-,29+,30-,31+,32+/m1/s1. The molecule has 10 heteroatoms. The number of unbranched alkanes of at least 4 members (excludes halogenated alkanes) is 4. The van der Waals surface area contributed by atoms with Gasteiger partial charge in [-0.15, -0.1) is 0 Å². The van der Waals surface area contributed by atoms with Gasteiger partial charge in [0.1, 0.15) is 36.4 Å². The van der Waals surface area contributed by atoms with Crippen molar-refractivity contribution in [1.82, 2.24) is 10.7 Å². The van der Waals surface area contributed by atoms with Gasteiger partial charge in [-0.2, -0.15) is 5.10 Å². The zero-order valence-corrected chi connectivity index (χ0v) is 26.8. The summed E-state index contributed by atoms with van der Waals surface area (Å²) in [6, 6.07) is 5.95. The molecule has 5 atom stereocenters. The topological polar surface area (TPSA) is 99.6 Å². The molecule has 0 aliphatic carbocycles. The normalized spacial score (nSPS) is 24.3. The lowest BCUT2D eigenvalue weighted by Gasteiger charge is -2.46. The van der Waals surface area contributed by atoms with Crippen molar-refractivity contribution in [3.05, 3.63) is 34.3 Å². The molecule has 0 bridgehead atoms. The maximum Gasteiger partial charge on any atom is 0.259 e. The van der Waals surface area contributed by atoms with E-state index in [1.54, 1.807) is 0 Å². The molecule has 1 aromatic carbocycles. The van der Waals surface area contributed by atoms with Crippen LogP contribution in [0.5, 0.6) is 0 Å². The summed E-state index contributed by atoms with van der Waals surface area (Å²) in [5.41, 5.74) is 4.36. The van der Waals surface area contributed by atoms with Crippen LogP contribution < -0.4 is 10.7 Å². The molecule has 1 amide bonds. The Hall–Kier alpha value is -1.75. The number of benzene rings is 1. The van der Waals surface area contributed by atoms with Gasteiger partial charge in [-0.25, -0.2) is 5.43 Å². The molecule has 1 saturated heterocycles. The van der Waals surface area contributed by atoms with Crippen LogP contribution >= 0.6 is 11.6 Å². The number of ether oxygens (including phenoxy) is 5. The smallest absolute Gasteiger partial charge is 0.259 e. The van der Waals surface area contributed by atoms with Crippen LogP contribution in [0.2, 0.25) is 5.02 Å². The first-order valence-electron chi connectivity index (χ1n) is 16.0. The lowest BCUT2D eigenvalue weighted by molar-refractivity contribution is -0.268. The van der Waals surface area contributed by atoms with Crippen molar-refractivity contribution in [3.8, 4) is 0 Å². The van der Waals surface area contributed by atoms with Gasteiger partial charge in [0.05, 0.1) is 13.2 Å². The summed E-state index contributed by atoms with van der Waals surface area (Å²) in [4.78, 5) is 11.5. The minimum Gasteiger partial charge on any atom is -0.379 e. The van der Waals surface area contributed by atoms with Crippen molar-refractivity contribution in [2.75, 3.05) is 39.6 Å². The van der Waals surface area contributed by atoms with Crippen LogP contribution in [0.25, 0.3) is 0 Å². The summed E-state index contributed by atoms with van der Waals surface area (Å²) < 4.78 is 32.7. The molecular weight excluding hydrogens is 558 g/mol. The SMILES string of the molecule is CCCCOC[C@H]1O[C@@H](c2ccc(Cl)c(CC3=NNC(=O)CN3)c2)[C@H](OCCCC)[C@@H](OCCCC)[C@@H]1OCCCC. The molecule has 2 heterocycles. The third kappa shape index (κ3) is 10.8. The van der Waals surface area contributed by atoms with E-state index < -0.39 is 6.10 Å². The molecule has 0 aromatic heterocycles. The Labute approximate surface area is 257 Å². The van der Waals surface area contributed by atoms with E-state index >= 15 is 0 Å². The van der Waals surface area contributed by atoms with Crippen molar-refractivity contribution in [1.29, 1.82) is 0 Å².